The quantitative estimate of drug-likeness (QED) is 0.565. The minimum atomic E-state index is 0.0845. The molecule has 3 nitrogen and oxygen atoms in total. The van der Waals surface area contributed by atoms with Crippen LogP contribution in [0, 0.1) is 0 Å². The Hall–Kier alpha value is -2.91. The number of hydrogen-bond acceptors (Lipinski definition) is 2. The Morgan fingerprint density at radius 3 is 2.68 bits per heavy atom. The molecule has 2 aromatic carbocycles. The minimum absolute atomic E-state index is 0.0845. The van der Waals surface area contributed by atoms with Crippen molar-refractivity contribution in [2.24, 2.45) is 0 Å². The van der Waals surface area contributed by atoms with Gasteiger partial charge in [0.25, 0.3) is 0 Å². The molecule has 3 heteroatoms. The fourth-order valence-corrected chi connectivity index (χ4v) is 3.38. The monoisotopic (exact) mass is 328 g/mol. The van der Waals surface area contributed by atoms with Gasteiger partial charge in [-0.1, -0.05) is 42.5 Å². The van der Waals surface area contributed by atoms with Gasteiger partial charge in [0, 0.05) is 41.0 Å². The molecule has 124 valence electrons. The van der Waals surface area contributed by atoms with Crippen LogP contribution in [-0.4, -0.2) is 21.7 Å². The summed E-state index contributed by atoms with van der Waals surface area (Å²) in [6.45, 7) is 0.127. The molecule has 0 fully saturated rings. The van der Waals surface area contributed by atoms with Crippen molar-refractivity contribution in [3.63, 3.8) is 0 Å². The van der Waals surface area contributed by atoms with E-state index in [9.17, 15) is 5.11 Å². The summed E-state index contributed by atoms with van der Waals surface area (Å²) in [5, 5.41) is 11.0. The first-order valence-electron chi connectivity index (χ1n) is 8.51. The second-order valence-electron chi connectivity index (χ2n) is 6.32. The van der Waals surface area contributed by atoms with Crippen LogP contribution in [-0.2, 0) is 6.42 Å². The number of fused-ring (bicyclic) bond motifs is 1. The lowest BCUT2D eigenvalue weighted by atomic mass is 9.92. The topological polar surface area (TPSA) is 48.9 Å². The number of rotatable bonds is 5. The highest BCUT2D eigenvalue weighted by atomic mass is 16.3. The molecule has 0 spiro atoms. The molecule has 0 unspecified atom stereocenters. The zero-order chi connectivity index (χ0) is 17.1. The number of pyridine rings is 1. The molecule has 0 aliphatic rings. The summed E-state index contributed by atoms with van der Waals surface area (Å²) < 4.78 is 0. The first kappa shape index (κ1) is 15.6. The molecule has 0 radical (unpaired) electrons. The van der Waals surface area contributed by atoms with E-state index < -0.39 is 0 Å². The van der Waals surface area contributed by atoms with Crippen LogP contribution >= 0.6 is 0 Å². The Balaban J connectivity index is 1.67. The van der Waals surface area contributed by atoms with Crippen molar-refractivity contribution < 1.29 is 5.11 Å². The fourth-order valence-electron chi connectivity index (χ4n) is 3.38. The van der Waals surface area contributed by atoms with E-state index in [4.69, 9.17) is 0 Å². The van der Waals surface area contributed by atoms with Crippen LogP contribution in [0.1, 0.15) is 17.0 Å². The van der Waals surface area contributed by atoms with Gasteiger partial charge in [-0.25, -0.2) is 0 Å². The number of nitrogens with zero attached hydrogens (tertiary/aromatic N) is 1. The standard InChI is InChI=1S/C22H20N2O/c25-15-19(17-5-2-1-3-6-17)12-16-11-18(14-23-13-16)20-7-4-8-22-21(20)9-10-24-22/h1-11,13-14,19,24-25H,12,15H2/t19-/m0/s1. The molecule has 0 saturated heterocycles. The van der Waals surface area contributed by atoms with Gasteiger partial charge in [0.2, 0.25) is 0 Å². The summed E-state index contributed by atoms with van der Waals surface area (Å²) in [6.07, 6.45) is 6.53. The highest BCUT2D eigenvalue weighted by molar-refractivity contribution is 5.94. The maximum atomic E-state index is 9.82. The van der Waals surface area contributed by atoms with E-state index in [0.29, 0.717) is 0 Å². The van der Waals surface area contributed by atoms with Crippen molar-refractivity contribution >= 4 is 10.9 Å². The average molecular weight is 328 g/mol. The maximum absolute atomic E-state index is 9.82. The zero-order valence-electron chi connectivity index (χ0n) is 13.9. The van der Waals surface area contributed by atoms with Crippen molar-refractivity contribution in [2.75, 3.05) is 6.61 Å². The lowest BCUT2D eigenvalue weighted by Crippen LogP contribution is -2.08. The zero-order valence-corrected chi connectivity index (χ0v) is 13.9. The molecule has 25 heavy (non-hydrogen) atoms. The predicted molar refractivity (Wildman–Crippen MR) is 102 cm³/mol. The Morgan fingerprint density at radius 2 is 1.84 bits per heavy atom. The van der Waals surface area contributed by atoms with Crippen LogP contribution < -0.4 is 0 Å². The molecule has 0 aliphatic carbocycles. The summed E-state index contributed by atoms with van der Waals surface area (Å²) in [5.41, 5.74) is 5.69. The van der Waals surface area contributed by atoms with Gasteiger partial charge in [-0.05, 0) is 41.3 Å². The van der Waals surface area contributed by atoms with Crippen LogP contribution in [0.2, 0.25) is 0 Å². The van der Waals surface area contributed by atoms with Crippen LogP contribution in [0.4, 0.5) is 0 Å². The highest BCUT2D eigenvalue weighted by Gasteiger charge is 2.12. The first-order chi connectivity index (χ1) is 12.3. The lowest BCUT2D eigenvalue weighted by Gasteiger charge is -2.15. The number of nitrogens with one attached hydrogen (secondary N) is 1. The van der Waals surface area contributed by atoms with Gasteiger partial charge in [0.05, 0.1) is 6.61 Å². The third-order valence-electron chi connectivity index (χ3n) is 4.67. The fraction of sp³-hybridized carbons (Fsp3) is 0.136. The molecular formula is C22H20N2O. The van der Waals surface area contributed by atoms with Crippen molar-refractivity contribution in [3.05, 3.63) is 90.4 Å². The SMILES string of the molecule is OC[C@H](Cc1cncc(-c2cccc3[nH]ccc23)c1)c1ccccc1. The van der Waals surface area contributed by atoms with Crippen molar-refractivity contribution in [1.82, 2.24) is 9.97 Å². The number of H-pyrrole nitrogens is 1. The molecule has 2 N–H and O–H groups in total. The third-order valence-corrected chi connectivity index (χ3v) is 4.67. The minimum Gasteiger partial charge on any atom is -0.396 e. The van der Waals surface area contributed by atoms with Gasteiger partial charge >= 0.3 is 0 Å². The van der Waals surface area contributed by atoms with Gasteiger partial charge in [-0.15, -0.1) is 0 Å². The number of benzene rings is 2. The van der Waals surface area contributed by atoms with Gasteiger partial charge < -0.3 is 10.1 Å². The first-order valence-corrected chi connectivity index (χ1v) is 8.51. The number of aromatic amines is 1. The molecule has 4 aromatic rings. The number of aliphatic hydroxyl groups is 1. The van der Waals surface area contributed by atoms with Gasteiger partial charge in [-0.3, -0.25) is 4.98 Å². The summed E-state index contributed by atoms with van der Waals surface area (Å²) in [7, 11) is 0. The third kappa shape index (κ3) is 3.19. The molecule has 0 aliphatic heterocycles. The van der Waals surface area contributed by atoms with Gasteiger partial charge in [0.1, 0.15) is 0 Å². The van der Waals surface area contributed by atoms with E-state index in [0.717, 1.165) is 28.6 Å². The van der Waals surface area contributed by atoms with E-state index in [2.05, 4.69) is 52.4 Å². The van der Waals surface area contributed by atoms with Crippen LogP contribution in [0.5, 0.6) is 0 Å². The number of hydrogen-bond donors (Lipinski definition) is 2. The summed E-state index contributed by atoms with van der Waals surface area (Å²) in [4.78, 5) is 7.70. The normalized spacial score (nSPS) is 12.4. The van der Waals surface area contributed by atoms with E-state index >= 15 is 0 Å². The lowest BCUT2D eigenvalue weighted by molar-refractivity contribution is 0.264. The number of aromatic nitrogens is 2. The molecule has 2 heterocycles. The molecule has 0 saturated carbocycles. The second-order valence-corrected chi connectivity index (χ2v) is 6.32. The van der Waals surface area contributed by atoms with Gasteiger partial charge in [0.15, 0.2) is 0 Å². The highest BCUT2D eigenvalue weighted by Crippen LogP contribution is 2.29. The molecule has 1 atom stereocenters. The smallest absolute Gasteiger partial charge is 0.0502 e. The molecule has 0 amide bonds. The number of aliphatic hydroxyl groups excluding tert-OH is 1. The Morgan fingerprint density at radius 1 is 0.960 bits per heavy atom. The van der Waals surface area contributed by atoms with E-state index in [1.807, 2.05) is 36.8 Å². The molecule has 0 bridgehead atoms. The van der Waals surface area contributed by atoms with E-state index in [1.54, 1.807) is 0 Å². The van der Waals surface area contributed by atoms with Crippen LogP contribution in [0.25, 0.3) is 22.0 Å². The van der Waals surface area contributed by atoms with E-state index in [1.165, 1.54) is 10.9 Å². The summed E-state index contributed by atoms with van der Waals surface area (Å²) in [6, 6.07) is 20.7. The van der Waals surface area contributed by atoms with Crippen LogP contribution in [0.3, 0.4) is 0 Å². The molecule has 2 aromatic heterocycles. The summed E-state index contributed by atoms with van der Waals surface area (Å²) in [5.74, 6) is 0.0845. The van der Waals surface area contributed by atoms with Crippen LogP contribution in [0.15, 0.2) is 79.3 Å². The Labute approximate surface area is 147 Å². The largest absolute Gasteiger partial charge is 0.396 e. The Bertz CT molecular complexity index is 975. The second kappa shape index (κ2) is 6.91. The Kier molecular flexibility index (Phi) is 4.32. The predicted octanol–water partition coefficient (Wildman–Crippen LogP) is 4.55. The van der Waals surface area contributed by atoms with Gasteiger partial charge in [-0.2, -0.15) is 0 Å². The average Bonchev–Trinajstić information content (AvgIpc) is 3.16. The van der Waals surface area contributed by atoms with Crippen molar-refractivity contribution in [1.29, 1.82) is 0 Å². The maximum Gasteiger partial charge on any atom is 0.0502 e. The summed E-state index contributed by atoms with van der Waals surface area (Å²) >= 11 is 0. The van der Waals surface area contributed by atoms with Crippen molar-refractivity contribution in [2.45, 2.75) is 12.3 Å². The molecular weight excluding hydrogens is 308 g/mol. The van der Waals surface area contributed by atoms with E-state index in [-0.39, 0.29) is 12.5 Å². The van der Waals surface area contributed by atoms with Crippen molar-refractivity contribution in [3.8, 4) is 11.1 Å². The molecule has 4 rings (SSSR count).